The van der Waals surface area contributed by atoms with E-state index in [2.05, 4.69) is 0 Å². The number of carbonyl (C=O) groups excluding carboxylic acids is 2. The zero-order chi connectivity index (χ0) is 19.9. The largest absolute Gasteiger partial charge is 0.497 e. The van der Waals surface area contributed by atoms with E-state index in [0.717, 1.165) is 11.1 Å². The summed E-state index contributed by atoms with van der Waals surface area (Å²) >= 11 is 0. The second-order valence-corrected chi connectivity index (χ2v) is 6.01. The Morgan fingerprint density at radius 1 is 0.714 bits per heavy atom. The van der Waals surface area contributed by atoms with Crippen molar-refractivity contribution < 1.29 is 19.1 Å². The van der Waals surface area contributed by atoms with E-state index >= 15 is 0 Å². The van der Waals surface area contributed by atoms with E-state index in [1.165, 1.54) is 0 Å². The standard InChI is InChI=1S/C23H19NO4/c1-27-20-14-10-19(11-15-20)23(26)28-21-12-6-17(7-13-21)3-2-16-4-8-18(9-5-16)22(24)25/h2-15H,1H3,(H2,24,25)/b3-2+. The molecule has 0 aliphatic rings. The molecular formula is C23H19NO4. The summed E-state index contributed by atoms with van der Waals surface area (Å²) in [5.41, 5.74) is 8.04. The SMILES string of the molecule is COc1ccc(C(=O)Oc2ccc(/C=C/c3ccc(C(N)=O)cc3)cc2)cc1. The minimum absolute atomic E-state index is 0.430. The van der Waals surface area contributed by atoms with Gasteiger partial charge in [-0.1, -0.05) is 36.4 Å². The second-order valence-electron chi connectivity index (χ2n) is 6.01. The highest BCUT2D eigenvalue weighted by atomic mass is 16.5. The van der Waals surface area contributed by atoms with Crippen LogP contribution >= 0.6 is 0 Å². The molecule has 5 nitrogen and oxygen atoms in total. The van der Waals surface area contributed by atoms with Gasteiger partial charge in [0.05, 0.1) is 12.7 Å². The van der Waals surface area contributed by atoms with Crippen LogP contribution in [0.1, 0.15) is 31.8 Å². The Morgan fingerprint density at radius 3 is 1.68 bits per heavy atom. The quantitative estimate of drug-likeness (QED) is 0.399. The summed E-state index contributed by atoms with van der Waals surface area (Å²) in [5, 5.41) is 0. The summed E-state index contributed by atoms with van der Waals surface area (Å²) in [5.74, 6) is 0.261. The zero-order valence-corrected chi connectivity index (χ0v) is 15.3. The number of carbonyl (C=O) groups is 2. The van der Waals surface area contributed by atoms with Gasteiger partial charge in [-0.15, -0.1) is 0 Å². The van der Waals surface area contributed by atoms with Crippen LogP contribution in [0.5, 0.6) is 11.5 Å². The van der Waals surface area contributed by atoms with E-state index in [-0.39, 0.29) is 0 Å². The van der Waals surface area contributed by atoms with E-state index in [0.29, 0.717) is 22.6 Å². The Kier molecular flexibility index (Phi) is 5.87. The zero-order valence-electron chi connectivity index (χ0n) is 15.3. The first-order chi connectivity index (χ1) is 13.5. The highest BCUT2D eigenvalue weighted by Gasteiger charge is 2.08. The number of rotatable bonds is 6. The van der Waals surface area contributed by atoms with Crippen LogP contribution in [0.3, 0.4) is 0 Å². The van der Waals surface area contributed by atoms with Gasteiger partial charge in [-0.3, -0.25) is 4.79 Å². The molecule has 2 N–H and O–H groups in total. The van der Waals surface area contributed by atoms with E-state index < -0.39 is 11.9 Å². The summed E-state index contributed by atoms with van der Waals surface area (Å²) in [6.07, 6.45) is 3.84. The molecule has 0 heterocycles. The summed E-state index contributed by atoms with van der Waals surface area (Å²) < 4.78 is 10.5. The summed E-state index contributed by atoms with van der Waals surface area (Å²) in [4.78, 5) is 23.3. The van der Waals surface area contributed by atoms with Crippen LogP contribution in [0.4, 0.5) is 0 Å². The highest BCUT2D eigenvalue weighted by molar-refractivity contribution is 5.93. The minimum Gasteiger partial charge on any atom is -0.497 e. The molecule has 1 amide bonds. The van der Waals surface area contributed by atoms with Gasteiger partial charge in [0.25, 0.3) is 0 Å². The number of amides is 1. The van der Waals surface area contributed by atoms with Crippen molar-refractivity contribution in [3.05, 3.63) is 95.1 Å². The molecule has 0 bridgehead atoms. The first-order valence-electron chi connectivity index (χ1n) is 8.59. The molecule has 0 saturated heterocycles. The van der Waals surface area contributed by atoms with Gasteiger partial charge in [-0.25, -0.2) is 4.79 Å². The number of ether oxygens (including phenoxy) is 2. The van der Waals surface area contributed by atoms with Gasteiger partial charge < -0.3 is 15.2 Å². The van der Waals surface area contributed by atoms with Crippen LogP contribution in [0, 0.1) is 0 Å². The van der Waals surface area contributed by atoms with E-state index in [1.807, 2.05) is 36.4 Å². The molecule has 5 heteroatoms. The Hall–Kier alpha value is -3.86. The number of esters is 1. The number of primary amides is 1. The average molecular weight is 373 g/mol. The number of benzene rings is 3. The van der Waals surface area contributed by atoms with Crippen molar-refractivity contribution >= 4 is 24.0 Å². The highest BCUT2D eigenvalue weighted by Crippen LogP contribution is 2.18. The maximum Gasteiger partial charge on any atom is 0.343 e. The van der Waals surface area contributed by atoms with Crippen molar-refractivity contribution in [2.45, 2.75) is 0 Å². The molecule has 0 aromatic heterocycles. The molecule has 3 aromatic rings. The average Bonchev–Trinajstić information content (AvgIpc) is 2.73. The predicted octanol–water partition coefficient (Wildman–Crippen LogP) is 4.18. The fourth-order valence-electron chi connectivity index (χ4n) is 2.49. The number of methoxy groups -OCH3 is 1. The van der Waals surface area contributed by atoms with Crippen molar-refractivity contribution in [3.63, 3.8) is 0 Å². The van der Waals surface area contributed by atoms with Crippen LogP contribution in [0.25, 0.3) is 12.2 Å². The summed E-state index contributed by atoms with van der Waals surface area (Å²) in [6, 6.07) is 20.9. The Balaban J connectivity index is 1.62. The van der Waals surface area contributed by atoms with Gasteiger partial charge in [0.15, 0.2) is 0 Å². The first-order valence-corrected chi connectivity index (χ1v) is 8.59. The third kappa shape index (κ3) is 4.86. The first kappa shape index (κ1) is 18.9. The van der Waals surface area contributed by atoms with E-state index in [9.17, 15) is 9.59 Å². The second kappa shape index (κ2) is 8.68. The molecule has 0 fully saturated rings. The molecule has 3 rings (SSSR count). The van der Waals surface area contributed by atoms with Gasteiger partial charge in [-0.05, 0) is 59.7 Å². The third-order valence-corrected chi connectivity index (χ3v) is 4.08. The van der Waals surface area contributed by atoms with Gasteiger partial charge in [0.1, 0.15) is 11.5 Å². The van der Waals surface area contributed by atoms with Gasteiger partial charge in [0.2, 0.25) is 5.91 Å². The van der Waals surface area contributed by atoms with Crippen LogP contribution in [0.2, 0.25) is 0 Å². The normalized spacial score (nSPS) is 10.6. The van der Waals surface area contributed by atoms with Gasteiger partial charge >= 0.3 is 5.97 Å². The number of nitrogens with two attached hydrogens (primary N) is 1. The lowest BCUT2D eigenvalue weighted by atomic mass is 10.1. The molecule has 28 heavy (non-hydrogen) atoms. The van der Waals surface area contributed by atoms with Crippen molar-refractivity contribution in [3.8, 4) is 11.5 Å². The van der Waals surface area contributed by atoms with Crippen molar-refractivity contribution in [2.75, 3.05) is 7.11 Å². The maximum absolute atomic E-state index is 12.2. The van der Waals surface area contributed by atoms with Gasteiger partial charge in [-0.2, -0.15) is 0 Å². The number of hydrogen-bond donors (Lipinski definition) is 1. The summed E-state index contributed by atoms with van der Waals surface area (Å²) in [6.45, 7) is 0. The van der Waals surface area contributed by atoms with Crippen LogP contribution in [-0.2, 0) is 0 Å². The van der Waals surface area contributed by atoms with Gasteiger partial charge in [0, 0.05) is 5.56 Å². The molecule has 3 aromatic carbocycles. The van der Waals surface area contributed by atoms with Crippen LogP contribution < -0.4 is 15.2 Å². The lowest BCUT2D eigenvalue weighted by Gasteiger charge is -2.05. The molecule has 0 unspecified atom stereocenters. The van der Waals surface area contributed by atoms with Crippen molar-refractivity contribution in [2.24, 2.45) is 5.73 Å². The number of hydrogen-bond acceptors (Lipinski definition) is 4. The Labute approximate surface area is 163 Å². The molecule has 0 radical (unpaired) electrons. The lowest BCUT2D eigenvalue weighted by Crippen LogP contribution is -2.10. The molecule has 0 spiro atoms. The smallest absolute Gasteiger partial charge is 0.343 e. The van der Waals surface area contributed by atoms with Crippen LogP contribution in [-0.4, -0.2) is 19.0 Å². The monoisotopic (exact) mass is 373 g/mol. The minimum atomic E-state index is -0.449. The summed E-state index contributed by atoms with van der Waals surface area (Å²) in [7, 11) is 1.57. The topological polar surface area (TPSA) is 78.6 Å². The molecule has 0 aliphatic carbocycles. The van der Waals surface area contributed by atoms with E-state index in [1.54, 1.807) is 55.6 Å². The fourth-order valence-corrected chi connectivity index (χ4v) is 2.49. The lowest BCUT2D eigenvalue weighted by molar-refractivity contribution is 0.0734. The van der Waals surface area contributed by atoms with Crippen molar-refractivity contribution in [1.82, 2.24) is 0 Å². The Morgan fingerprint density at radius 2 is 1.18 bits per heavy atom. The van der Waals surface area contributed by atoms with Crippen molar-refractivity contribution in [1.29, 1.82) is 0 Å². The van der Waals surface area contributed by atoms with E-state index in [4.69, 9.17) is 15.2 Å². The molecule has 140 valence electrons. The Bertz CT molecular complexity index is 988. The molecule has 0 saturated carbocycles. The molecule has 0 aliphatic heterocycles. The fraction of sp³-hybridized carbons (Fsp3) is 0.0435. The molecular weight excluding hydrogens is 354 g/mol. The molecule has 0 atom stereocenters. The maximum atomic E-state index is 12.2. The predicted molar refractivity (Wildman–Crippen MR) is 108 cm³/mol. The third-order valence-electron chi connectivity index (χ3n) is 4.08. The van der Waals surface area contributed by atoms with Crippen LogP contribution in [0.15, 0.2) is 72.8 Å².